The van der Waals surface area contributed by atoms with E-state index in [9.17, 15) is 13.2 Å². The topological polar surface area (TPSA) is 62.1 Å². The van der Waals surface area contributed by atoms with Crippen molar-refractivity contribution in [2.45, 2.75) is 26.3 Å². The van der Waals surface area contributed by atoms with Gasteiger partial charge < -0.3 is 9.47 Å². The second-order valence-corrected chi connectivity index (χ2v) is 5.75. The molecule has 0 aliphatic heterocycles. The van der Waals surface area contributed by atoms with E-state index in [-0.39, 0.29) is 12.3 Å². The quantitative estimate of drug-likeness (QED) is 0.653. The van der Waals surface area contributed by atoms with Gasteiger partial charge in [0.2, 0.25) is 0 Å². The number of methoxy groups -OCH3 is 1. The monoisotopic (exact) mass is 378 g/mol. The zero-order valence-corrected chi connectivity index (χ0v) is 14.7. The van der Waals surface area contributed by atoms with E-state index in [0.29, 0.717) is 22.8 Å². The molecule has 0 aliphatic rings. The van der Waals surface area contributed by atoms with Crippen LogP contribution in [0.25, 0.3) is 11.4 Å². The van der Waals surface area contributed by atoms with Crippen molar-refractivity contribution in [1.82, 2.24) is 19.7 Å². The van der Waals surface area contributed by atoms with Crippen LogP contribution in [0.15, 0.2) is 43.0 Å². The Bertz CT molecular complexity index is 925. The SMILES string of the molecule is COc1cncc(OCc2cccnc2-c2ccnn2CC(F)(F)F)c1C. The molecule has 0 amide bonds. The van der Waals surface area contributed by atoms with E-state index in [1.165, 1.54) is 25.6 Å². The van der Waals surface area contributed by atoms with Gasteiger partial charge in [0.1, 0.15) is 24.7 Å². The molecule has 27 heavy (non-hydrogen) atoms. The number of hydrogen-bond acceptors (Lipinski definition) is 5. The standard InChI is InChI=1S/C18H17F3N4O2/c1-12-15(26-2)8-22-9-16(12)27-10-13-4-3-6-23-17(13)14-5-7-24-25(14)11-18(19,20)21/h3-9H,10-11H2,1-2H3. The van der Waals surface area contributed by atoms with Crippen molar-refractivity contribution in [3.05, 3.63) is 54.1 Å². The van der Waals surface area contributed by atoms with Crippen LogP contribution in [0.2, 0.25) is 0 Å². The lowest BCUT2D eigenvalue weighted by Crippen LogP contribution is -2.19. The van der Waals surface area contributed by atoms with Gasteiger partial charge in [0.25, 0.3) is 0 Å². The molecule has 0 bridgehead atoms. The van der Waals surface area contributed by atoms with Gasteiger partial charge in [-0.1, -0.05) is 6.07 Å². The van der Waals surface area contributed by atoms with Crippen molar-refractivity contribution in [3.63, 3.8) is 0 Å². The minimum atomic E-state index is -4.38. The summed E-state index contributed by atoms with van der Waals surface area (Å²) in [5.41, 5.74) is 2.06. The lowest BCUT2D eigenvalue weighted by Gasteiger charge is -2.14. The highest BCUT2D eigenvalue weighted by Gasteiger charge is 2.30. The van der Waals surface area contributed by atoms with E-state index in [2.05, 4.69) is 15.1 Å². The molecule has 0 saturated carbocycles. The molecule has 142 valence electrons. The van der Waals surface area contributed by atoms with Crippen LogP contribution in [0.3, 0.4) is 0 Å². The maximum Gasteiger partial charge on any atom is 0.408 e. The first kappa shape index (κ1) is 18.7. The van der Waals surface area contributed by atoms with Crippen LogP contribution in [0.1, 0.15) is 11.1 Å². The largest absolute Gasteiger partial charge is 0.495 e. The summed E-state index contributed by atoms with van der Waals surface area (Å²) in [5, 5.41) is 3.76. The van der Waals surface area contributed by atoms with Gasteiger partial charge in [0, 0.05) is 23.5 Å². The van der Waals surface area contributed by atoms with Gasteiger partial charge in [-0.3, -0.25) is 14.6 Å². The third-order valence-corrected chi connectivity index (χ3v) is 3.91. The minimum absolute atomic E-state index is 0.107. The molecule has 0 N–H and O–H groups in total. The lowest BCUT2D eigenvalue weighted by molar-refractivity contribution is -0.142. The van der Waals surface area contributed by atoms with Crippen molar-refractivity contribution >= 4 is 0 Å². The number of ether oxygens (including phenoxy) is 2. The van der Waals surface area contributed by atoms with E-state index >= 15 is 0 Å². The highest BCUT2D eigenvalue weighted by atomic mass is 19.4. The number of alkyl halides is 3. The molecule has 0 fully saturated rings. The third-order valence-electron chi connectivity index (χ3n) is 3.91. The van der Waals surface area contributed by atoms with Crippen molar-refractivity contribution in [3.8, 4) is 22.9 Å². The van der Waals surface area contributed by atoms with Crippen molar-refractivity contribution in [2.24, 2.45) is 0 Å². The Labute approximate surface area is 153 Å². The zero-order chi connectivity index (χ0) is 19.4. The molecular weight excluding hydrogens is 361 g/mol. The Morgan fingerprint density at radius 1 is 1.11 bits per heavy atom. The smallest absolute Gasteiger partial charge is 0.408 e. The molecule has 0 unspecified atom stereocenters. The van der Waals surface area contributed by atoms with Gasteiger partial charge in [0.05, 0.1) is 30.9 Å². The van der Waals surface area contributed by atoms with E-state index < -0.39 is 12.7 Å². The van der Waals surface area contributed by atoms with Gasteiger partial charge in [-0.05, 0) is 19.1 Å². The molecular formula is C18H17F3N4O2. The van der Waals surface area contributed by atoms with Crippen LogP contribution in [0.5, 0.6) is 11.5 Å². The molecule has 3 aromatic rings. The molecule has 0 aromatic carbocycles. The van der Waals surface area contributed by atoms with Crippen LogP contribution in [0.4, 0.5) is 13.2 Å². The summed E-state index contributed by atoms with van der Waals surface area (Å²) in [6, 6.07) is 4.94. The number of hydrogen-bond donors (Lipinski definition) is 0. The fraction of sp³-hybridized carbons (Fsp3) is 0.278. The average Bonchev–Trinajstić information content (AvgIpc) is 3.07. The summed E-state index contributed by atoms with van der Waals surface area (Å²) in [6.07, 6.45) is 1.59. The second-order valence-electron chi connectivity index (χ2n) is 5.75. The van der Waals surface area contributed by atoms with Gasteiger partial charge in [-0.2, -0.15) is 18.3 Å². The Kier molecular flexibility index (Phi) is 5.29. The predicted molar refractivity (Wildman–Crippen MR) is 91.4 cm³/mol. The summed E-state index contributed by atoms with van der Waals surface area (Å²) in [4.78, 5) is 8.28. The summed E-state index contributed by atoms with van der Waals surface area (Å²) >= 11 is 0. The molecule has 0 radical (unpaired) electrons. The maximum atomic E-state index is 12.8. The molecule has 0 spiro atoms. The first-order chi connectivity index (χ1) is 12.9. The normalized spacial score (nSPS) is 11.4. The summed E-state index contributed by atoms with van der Waals surface area (Å²) < 4.78 is 50.2. The number of halogens is 3. The highest BCUT2D eigenvalue weighted by molar-refractivity contribution is 5.58. The van der Waals surface area contributed by atoms with Crippen LogP contribution >= 0.6 is 0 Å². The predicted octanol–water partition coefficient (Wildman–Crippen LogP) is 3.80. The fourth-order valence-corrected chi connectivity index (χ4v) is 2.61. The first-order valence-electron chi connectivity index (χ1n) is 8.03. The number of nitrogens with zero attached hydrogens (tertiary/aromatic N) is 4. The van der Waals surface area contributed by atoms with Gasteiger partial charge >= 0.3 is 6.18 Å². The highest BCUT2D eigenvalue weighted by Crippen LogP contribution is 2.28. The third kappa shape index (κ3) is 4.36. The van der Waals surface area contributed by atoms with E-state index in [1.54, 1.807) is 24.5 Å². The number of aromatic nitrogens is 4. The van der Waals surface area contributed by atoms with Gasteiger partial charge in [0.15, 0.2) is 0 Å². The zero-order valence-electron chi connectivity index (χ0n) is 14.7. The summed E-state index contributed by atoms with van der Waals surface area (Å²) in [7, 11) is 1.54. The van der Waals surface area contributed by atoms with Crippen molar-refractivity contribution in [2.75, 3.05) is 7.11 Å². The minimum Gasteiger partial charge on any atom is -0.495 e. The van der Waals surface area contributed by atoms with Crippen LogP contribution in [0, 0.1) is 6.92 Å². The van der Waals surface area contributed by atoms with Crippen molar-refractivity contribution in [1.29, 1.82) is 0 Å². The Hall–Kier alpha value is -3.10. The van der Waals surface area contributed by atoms with E-state index in [0.717, 1.165) is 10.2 Å². The number of pyridine rings is 2. The second kappa shape index (κ2) is 7.65. The Morgan fingerprint density at radius 3 is 2.63 bits per heavy atom. The lowest BCUT2D eigenvalue weighted by atomic mass is 10.1. The molecule has 0 aliphatic carbocycles. The van der Waals surface area contributed by atoms with E-state index in [4.69, 9.17) is 9.47 Å². The van der Waals surface area contributed by atoms with Gasteiger partial charge in [-0.15, -0.1) is 0 Å². The summed E-state index contributed by atoms with van der Waals surface area (Å²) in [6.45, 7) is 0.750. The molecule has 6 nitrogen and oxygen atoms in total. The van der Waals surface area contributed by atoms with E-state index in [1.807, 2.05) is 6.92 Å². The van der Waals surface area contributed by atoms with Crippen LogP contribution in [-0.4, -0.2) is 33.0 Å². The van der Waals surface area contributed by atoms with Crippen LogP contribution < -0.4 is 9.47 Å². The maximum absolute atomic E-state index is 12.8. The summed E-state index contributed by atoms with van der Waals surface area (Å²) in [5.74, 6) is 1.11. The number of rotatable bonds is 6. The van der Waals surface area contributed by atoms with Crippen LogP contribution in [-0.2, 0) is 13.2 Å². The molecule has 3 heterocycles. The first-order valence-corrected chi connectivity index (χ1v) is 8.03. The Balaban J connectivity index is 1.87. The molecule has 0 atom stereocenters. The van der Waals surface area contributed by atoms with Gasteiger partial charge in [-0.25, -0.2) is 0 Å². The Morgan fingerprint density at radius 2 is 1.89 bits per heavy atom. The molecule has 3 rings (SSSR count). The molecule has 9 heteroatoms. The average molecular weight is 378 g/mol. The molecule has 0 saturated heterocycles. The fourth-order valence-electron chi connectivity index (χ4n) is 2.61. The van der Waals surface area contributed by atoms with Crippen molar-refractivity contribution < 1.29 is 22.6 Å². The molecule has 3 aromatic heterocycles.